The summed E-state index contributed by atoms with van der Waals surface area (Å²) < 4.78 is 17.6. The first-order valence-corrected chi connectivity index (χ1v) is 9.58. The molecule has 1 atom stereocenters. The van der Waals surface area contributed by atoms with Crippen molar-refractivity contribution in [3.05, 3.63) is 0 Å². The Kier molecular flexibility index (Phi) is 11.5. The summed E-state index contributed by atoms with van der Waals surface area (Å²) in [6.45, 7) is 10.2. The molecule has 0 rings (SSSR count). The van der Waals surface area contributed by atoms with Crippen LogP contribution in [0.5, 0.6) is 0 Å². The van der Waals surface area contributed by atoms with Crippen LogP contribution >= 0.6 is 11.6 Å². The summed E-state index contributed by atoms with van der Waals surface area (Å²) in [5, 5.41) is 0. The van der Waals surface area contributed by atoms with E-state index in [2.05, 4.69) is 6.92 Å². The molecular weight excluding hydrogens is 268 g/mol. The van der Waals surface area contributed by atoms with Gasteiger partial charge in [0.25, 0.3) is 0 Å². The number of hydrogen-bond donors (Lipinski definition) is 0. The highest BCUT2D eigenvalue weighted by atomic mass is 35.5. The van der Waals surface area contributed by atoms with E-state index in [9.17, 15) is 0 Å². The largest absolute Gasteiger partial charge is 0.501 e. The Morgan fingerprint density at radius 2 is 1.44 bits per heavy atom. The molecule has 5 heteroatoms. The summed E-state index contributed by atoms with van der Waals surface area (Å²) in [4.78, 5) is 0. The SMILES string of the molecule is CCO[Si](CC(C)CCCCCl)(OCC)OCC. The second kappa shape index (κ2) is 11.2. The third-order valence-electron chi connectivity index (χ3n) is 2.77. The van der Waals surface area contributed by atoms with Crippen molar-refractivity contribution < 1.29 is 13.3 Å². The average molecular weight is 297 g/mol. The van der Waals surface area contributed by atoms with Crippen molar-refractivity contribution in [2.24, 2.45) is 5.92 Å². The molecule has 0 aliphatic rings. The number of hydrogen-bond acceptors (Lipinski definition) is 3. The van der Waals surface area contributed by atoms with Crippen molar-refractivity contribution in [1.82, 2.24) is 0 Å². The molecule has 0 aromatic rings. The van der Waals surface area contributed by atoms with Gasteiger partial charge in [-0.15, -0.1) is 11.6 Å². The van der Waals surface area contributed by atoms with E-state index in [1.165, 1.54) is 6.42 Å². The Labute approximate surface area is 119 Å². The average Bonchev–Trinajstić information content (AvgIpc) is 2.30. The van der Waals surface area contributed by atoms with E-state index < -0.39 is 8.80 Å². The zero-order valence-electron chi connectivity index (χ0n) is 12.3. The predicted octanol–water partition coefficient (Wildman–Crippen LogP) is 4.08. The Bertz CT molecular complexity index is 176. The maximum Gasteiger partial charge on any atom is 0.501 e. The standard InChI is InChI=1S/C13H29ClO3Si/c1-5-15-18(16-6-2,17-7-3)12-13(4)10-8-9-11-14/h13H,5-12H2,1-4H3. The van der Waals surface area contributed by atoms with Crippen molar-refractivity contribution in [2.75, 3.05) is 25.7 Å². The lowest BCUT2D eigenvalue weighted by Crippen LogP contribution is -2.47. The van der Waals surface area contributed by atoms with Crippen molar-refractivity contribution in [3.63, 3.8) is 0 Å². The van der Waals surface area contributed by atoms with E-state index in [1.54, 1.807) is 0 Å². The molecular formula is C13H29ClO3Si. The van der Waals surface area contributed by atoms with E-state index in [0.29, 0.717) is 25.7 Å². The first-order valence-electron chi connectivity index (χ1n) is 7.11. The van der Waals surface area contributed by atoms with Crippen LogP contribution in [0, 0.1) is 5.92 Å². The van der Waals surface area contributed by atoms with Crippen molar-refractivity contribution in [3.8, 4) is 0 Å². The van der Waals surface area contributed by atoms with Gasteiger partial charge in [-0.3, -0.25) is 0 Å². The predicted molar refractivity (Wildman–Crippen MR) is 79.2 cm³/mol. The second-order valence-electron chi connectivity index (χ2n) is 4.48. The van der Waals surface area contributed by atoms with Crippen LogP contribution in [0.2, 0.25) is 6.04 Å². The fourth-order valence-electron chi connectivity index (χ4n) is 2.08. The fraction of sp³-hybridized carbons (Fsp3) is 1.00. The summed E-state index contributed by atoms with van der Waals surface area (Å²) in [7, 11) is -2.45. The van der Waals surface area contributed by atoms with E-state index in [1.807, 2.05) is 20.8 Å². The molecule has 0 radical (unpaired) electrons. The Hall–Kier alpha value is 0.387. The number of alkyl halides is 1. The van der Waals surface area contributed by atoms with Crippen molar-refractivity contribution in [2.45, 2.75) is 53.0 Å². The van der Waals surface area contributed by atoms with E-state index >= 15 is 0 Å². The second-order valence-corrected chi connectivity index (χ2v) is 7.49. The lowest BCUT2D eigenvalue weighted by molar-refractivity contribution is 0.0672. The minimum absolute atomic E-state index is 0.560. The van der Waals surface area contributed by atoms with Crippen LogP contribution in [0.25, 0.3) is 0 Å². The molecule has 0 spiro atoms. The van der Waals surface area contributed by atoms with Gasteiger partial charge in [0.2, 0.25) is 0 Å². The van der Waals surface area contributed by atoms with E-state index in [-0.39, 0.29) is 0 Å². The number of rotatable bonds is 12. The van der Waals surface area contributed by atoms with Crippen LogP contribution < -0.4 is 0 Å². The fourth-order valence-corrected chi connectivity index (χ4v) is 5.25. The van der Waals surface area contributed by atoms with Crippen LogP contribution in [-0.4, -0.2) is 34.5 Å². The Morgan fingerprint density at radius 3 is 1.83 bits per heavy atom. The molecule has 3 nitrogen and oxygen atoms in total. The summed E-state index contributed by atoms with van der Waals surface area (Å²) in [5.74, 6) is 1.31. The van der Waals surface area contributed by atoms with Gasteiger partial charge in [-0.2, -0.15) is 0 Å². The molecule has 0 N–H and O–H groups in total. The summed E-state index contributed by atoms with van der Waals surface area (Å²) in [6, 6.07) is 0.908. The van der Waals surface area contributed by atoms with Gasteiger partial charge in [0.15, 0.2) is 0 Å². The first-order chi connectivity index (χ1) is 8.64. The van der Waals surface area contributed by atoms with Gasteiger partial charge in [-0.25, -0.2) is 0 Å². The van der Waals surface area contributed by atoms with Crippen LogP contribution in [0.1, 0.15) is 47.0 Å². The van der Waals surface area contributed by atoms with Crippen molar-refractivity contribution in [1.29, 1.82) is 0 Å². The van der Waals surface area contributed by atoms with E-state index in [0.717, 1.165) is 24.8 Å². The molecule has 0 saturated heterocycles. The molecule has 0 amide bonds. The Balaban J connectivity index is 4.34. The lowest BCUT2D eigenvalue weighted by atomic mass is 10.1. The van der Waals surface area contributed by atoms with Crippen LogP contribution in [0.4, 0.5) is 0 Å². The molecule has 18 heavy (non-hydrogen) atoms. The highest BCUT2D eigenvalue weighted by molar-refractivity contribution is 6.60. The first kappa shape index (κ1) is 18.4. The van der Waals surface area contributed by atoms with Crippen LogP contribution in [0.15, 0.2) is 0 Å². The quantitative estimate of drug-likeness (QED) is 0.308. The molecule has 0 heterocycles. The van der Waals surface area contributed by atoms with Gasteiger partial charge < -0.3 is 13.3 Å². The smallest absolute Gasteiger partial charge is 0.374 e. The monoisotopic (exact) mass is 296 g/mol. The zero-order chi connectivity index (χ0) is 13.9. The highest BCUT2D eigenvalue weighted by Gasteiger charge is 2.41. The molecule has 1 unspecified atom stereocenters. The van der Waals surface area contributed by atoms with Crippen molar-refractivity contribution >= 4 is 20.4 Å². The summed E-state index contributed by atoms with van der Waals surface area (Å²) in [6.07, 6.45) is 3.41. The maximum atomic E-state index is 5.86. The van der Waals surface area contributed by atoms with Gasteiger partial charge >= 0.3 is 8.80 Å². The topological polar surface area (TPSA) is 27.7 Å². The molecule has 0 aromatic heterocycles. The van der Waals surface area contributed by atoms with Gasteiger partial charge in [0.1, 0.15) is 0 Å². The highest BCUT2D eigenvalue weighted by Crippen LogP contribution is 2.24. The number of unbranched alkanes of at least 4 members (excludes halogenated alkanes) is 1. The van der Waals surface area contributed by atoms with Gasteiger partial charge in [-0.1, -0.05) is 19.8 Å². The number of halogens is 1. The molecule has 0 aliphatic carbocycles. The molecule has 0 saturated carbocycles. The van der Waals surface area contributed by atoms with Gasteiger partial charge in [0, 0.05) is 31.7 Å². The maximum absolute atomic E-state index is 5.86. The summed E-state index contributed by atoms with van der Waals surface area (Å²) in [5.41, 5.74) is 0. The van der Waals surface area contributed by atoms with Gasteiger partial charge in [-0.05, 0) is 33.1 Å². The van der Waals surface area contributed by atoms with E-state index in [4.69, 9.17) is 24.9 Å². The minimum Gasteiger partial charge on any atom is -0.374 e. The molecule has 110 valence electrons. The van der Waals surface area contributed by atoms with Crippen LogP contribution in [-0.2, 0) is 13.3 Å². The lowest BCUT2D eigenvalue weighted by Gasteiger charge is -2.30. The Morgan fingerprint density at radius 1 is 0.944 bits per heavy atom. The molecule has 0 fully saturated rings. The molecule has 0 aliphatic heterocycles. The molecule has 0 bridgehead atoms. The third kappa shape index (κ3) is 7.74. The summed E-state index contributed by atoms with van der Waals surface area (Å²) >= 11 is 5.70. The van der Waals surface area contributed by atoms with Gasteiger partial charge in [0.05, 0.1) is 0 Å². The third-order valence-corrected chi connectivity index (χ3v) is 6.42. The normalized spacial score (nSPS) is 13.8. The van der Waals surface area contributed by atoms with Crippen LogP contribution in [0.3, 0.4) is 0 Å². The molecule has 0 aromatic carbocycles. The zero-order valence-corrected chi connectivity index (χ0v) is 14.1. The minimum atomic E-state index is -2.45.